The van der Waals surface area contributed by atoms with Crippen LogP contribution in [0.5, 0.6) is 0 Å². The molecule has 0 saturated carbocycles. The lowest BCUT2D eigenvalue weighted by Gasteiger charge is -2.31. The van der Waals surface area contributed by atoms with Crippen LogP contribution in [-0.4, -0.2) is 43.2 Å². The monoisotopic (exact) mass is 440 g/mol. The van der Waals surface area contributed by atoms with Gasteiger partial charge in [0.25, 0.3) is 0 Å². The average molecular weight is 441 g/mol. The molecule has 31 heavy (non-hydrogen) atoms. The van der Waals surface area contributed by atoms with Gasteiger partial charge in [0.1, 0.15) is 0 Å². The highest BCUT2D eigenvalue weighted by atomic mass is 32.2. The number of likely N-dealkylation sites (tertiary alicyclic amines) is 1. The number of para-hydroxylation sites is 1. The molecule has 0 spiro atoms. The number of piperidine rings is 1. The topological polar surface area (TPSA) is 125 Å². The molecule has 0 aliphatic carbocycles. The Morgan fingerprint density at radius 2 is 1.74 bits per heavy atom. The SMILES string of the molecule is NS(=O)(=O)c1ccc(NC(=O)C2CCN(C(=O)Cc3c[nH]c4ccccc34)CC2)cc1. The number of anilines is 1. The van der Waals surface area contributed by atoms with E-state index in [4.69, 9.17) is 5.14 Å². The fraction of sp³-hybridized carbons (Fsp3) is 0.273. The summed E-state index contributed by atoms with van der Waals surface area (Å²) in [6, 6.07) is 13.6. The number of hydrogen-bond acceptors (Lipinski definition) is 4. The maximum atomic E-state index is 12.7. The van der Waals surface area contributed by atoms with Crippen LogP contribution in [0, 0.1) is 5.92 Å². The van der Waals surface area contributed by atoms with Gasteiger partial charge < -0.3 is 15.2 Å². The maximum absolute atomic E-state index is 12.7. The van der Waals surface area contributed by atoms with Crippen molar-refractivity contribution in [3.05, 3.63) is 60.3 Å². The molecule has 8 nitrogen and oxygen atoms in total. The molecule has 4 N–H and O–H groups in total. The van der Waals surface area contributed by atoms with E-state index in [2.05, 4.69) is 10.3 Å². The molecule has 0 atom stereocenters. The van der Waals surface area contributed by atoms with Gasteiger partial charge in [-0.3, -0.25) is 9.59 Å². The molecule has 3 aromatic rings. The fourth-order valence-electron chi connectivity index (χ4n) is 3.92. The van der Waals surface area contributed by atoms with Crippen molar-refractivity contribution in [2.75, 3.05) is 18.4 Å². The van der Waals surface area contributed by atoms with Crippen LogP contribution in [0.3, 0.4) is 0 Å². The van der Waals surface area contributed by atoms with E-state index in [9.17, 15) is 18.0 Å². The zero-order valence-electron chi connectivity index (χ0n) is 16.9. The van der Waals surface area contributed by atoms with Crippen LogP contribution in [0.1, 0.15) is 18.4 Å². The van der Waals surface area contributed by atoms with E-state index in [0.29, 0.717) is 38.0 Å². The third-order valence-corrected chi connectivity index (χ3v) is 6.61. The second kappa shape index (κ2) is 8.52. The van der Waals surface area contributed by atoms with Gasteiger partial charge in [0.05, 0.1) is 11.3 Å². The standard InChI is InChI=1S/C22H24N4O4S/c23-31(29,30)18-7-5-17(6-8-18)25-22(28)15-9-11-26(12-10-15)21(27)13-16-14-24-20-4-2-1-3-19(16)20/h1-8,14-15,24H,9-13H2,(H,25,28)(H2,23,29,30). The van der Waals surface area contributed by atoms with Crippen molar-refractivity contribution in [1.82, 2.24) is 9.88 Å². The van der Waals surface area contributed by atoms with Gasteiger partial charge >= 0.3 is 0 Å². The largest absolute Gasteiger partial charge is 0.361 e. The highest BCUT2D eigenvalue weighted by Gasteiger charge is 2.27. The maximum Gasteiger partial charge on any atom is 0.238 e. The summed E-state index contributed by atoms with van der Waals surface area (Å²) in [5.74, 6) is -0.274. The lowest BCUT2D eigenvalue weighted by molar-refractivity contribution is -0.133. The molecule has 9 heteroatoms. The highest BCUT2D eigenvalue weighted by Crippen LogP contribution is 2.23. The molecule has 0 unspecified atom stereocenters. The first-order valence-corrected chi connectivity index (χ1v) is 11.6. The van der Waals surface area contributed by atoms with Crippen molar-refractivity contribution in [1.29, 1.82) is 0 Å². The Morgan fingerprint density at radius 3 is 2.42 bits per heavy atom. The fourth-order valence-corrected chi connectivity index (χ4v) is 4.43. The van der Waals surface area contributed by atoms with E-state index in [1.165, 1.54) is 24.3 Å². The molecule has 2 amide bonds. The molecule has 4 rings (SSSR count). The van der Waals surface area contributed by atoms with Crippen molar-refractivity contribution < 1.29 is 18.0 Å². The normalized spacial score (nSPS) is 15.2. The van der Waals surface area contributed by atoms with Crippen LogP contribution in [0.2, 0.25) is 0 Å². The summed E-state index contributed by atoms with van der Waals surface area (Å²) < 4.78 is 22.6. The molecule has 2 aromatic carbocycles. The Kier molecular flexibility index (Phi) is 5.79. The highest BCUT2D eigenvalue weighted by molar-refractivity contribution is 7.89. The summed E-state index contributed by atoms with van der Waals surface area (Å²) in [6.45, 7) is 1.06. The Labute approximate surface area is 180 Å². The minimum atomic E-state index is -3.77. The van der Waals surface area contributed by atoms with Gasteiger partial charge in [-0.15, -0.1) is 0 Å². The minimum Gasteiger partial charge on any atom is -0.361 e. The van der Waals surface area contributed by atoms with Crippen molar-refractivity contribution in [3.63, 3.8) is 0 Å². The van der Waals surface area contributed by atoms with Crippen molar-refractivity contribution in [2.45, 2.75) is 24.2 Å². The molecule has 1 fully saturated rings. The first-order valence-electron chi connectivity index (χ1n) is 10.1. The van der Waals surface area contributed by atoms with E-state index in [1.54, 1.807) is 0 Å². The van der Waals surface area contributed by atoms with Crippen molar-refractivity contribution in [2.24, 2.45) is 11.1 Å². The number of aromatic nitrogens is 1. The molecule has 0 radical (unpaired) electrons. The third-order valence-electron chi connectivity index (χ3n) is 5.69. The van der Waals surface area contributed by atoms with Gasteiger partial charge in [-0.1, -0.05) is 18.2 Å². The second-order valence-electron chi connectivity index (χ2n) is 7.75. The Bertz CT molecular complexity index is 1210. The molecular formula is C22H24N4O4S. The molecule has 1 saturated heterocycles. The second-order valence-corrected chi connectivity index (χ2v) is 9.31. The summed E-state index contributed by atoms with van der Waals surface area (Å²) in [7, 11) is -3.77. The van der Waals surface area contributed by atoms with Crippen molar-refractivity contribution in [3.8, 4) is 0 Å². The molecule has 2 heterocycles. The molecular weight excluding hydrogens is 416 g/mol. The van der Waals surface area contributed by atoms with Gasteiger partial charge in [-0.25, -0.2) is 13.6 Å². The number of nitrogens with two attached hydrogens (primary N) is 1. The summed E-state index contributed by atoms with van der Waals surface area (Å²) in [5.41, 5.74) is 2.50. The lowest BCUT2D eigenvalue weighted by atomic mass is 9.95. The third kappa shape index (κ3) is 4.78. The number of amides is 2. The lowest BCUT2D eigenvalue weighted by Crippen LogP contribution is -2.42. The number of fused-ring (bicyclic) bond motifs is 1. The van der Waals surface area contributed by atoms with Gasteiger partial charge in [-0.05, 0) is 48.7 Å². The minimum absolute atomic E-state index is 0.00693. The number of carbonyl (C=O) groups excluding carboxylic acids is 2. The Morgan fingerprint density at radius 1 is 1.06 bits per heavy atom. The summed E-state index contributed by atoms with van der Waals surface area (Å²) in [5, 5.41) is 8.95. The first kappa shape index (κ1) is 21.1. The zero-order chi connectivity index (χ0) is 22.0. The van der Waals surface area contributed by atoms with Crippen LogP contribution in [0.4, 0.5) is 5.69 Å². The first-order chi connectivity index (χ1) is 14.8. The van der Waals surface area contributed by atoms with Crippen LogP contribution < -0.4 is 10.5 Å². The van der Waals surface area contributed by atoms with Crippen LogP contribution in [0.15, 0.2) is 59.6 Å². The number of hydrogen-bond donors (Lipinski definition) is 3. The number of H-pyrrole nitrogens is 1. The van der Waals surface area contributed by atoms with Crippen LogP contribution in [-0.2, 0) is 26.0 Å². The van der Waals surface area contributed by atoms with Crippen LogP contribution in [0.25, 0.3) is 10.9 Å². The Balaban J connectivity index is 1.30. The summed E-state index contributed by atoms with van der Waals surface area (Å²) in [4.78, 5) is 30.3. The number of nitrogens with zero attached hydrogens (tertiary/aromatic N) is 1. The zero-order valence-corrected chi connectivity index (χ0v) is 17.7. The van der Waals surface area contributed by atoms with Crippen molar-refractivity contribution >= 4 is 38.4 Å². The molecule has 1 aromatic heterocycles. The predicted octanol–water partition coefficient (Wildman–Crippen LogP) is 2.24. The number of nitrogens with one attached hydrogen (secondary N) is 2. The number of rotatable bonds is 5. The summed E-state index contributed by atoms with van der Waals surface area (Å²) >= 11 is 0. The Hall–Kier alpha value is -3.17. The van der Waals surface area contributed by atoms with E-state index in [-0.39, 0.29) is 22.6 Å². The molecule has 162 valence electrons. The predicted molar refractivity (Wildman–Crippen MR) is 118 cm³/mol. The number of carbonyl (C=O) groups is 2. The van der Waals surface area contributed by atoms with Gasteiger partial charge in [0.15, 0.2) is 0 Å². The summed E-state index contributed by atoms with van der Waals surface area (Å²) in [6.07, 6.45) is 3.38. The average Bonchev–Trinajstić information content (AvgIpc) is 3.16. The molecule has 0 bridgehead atoms. The van der Waals surface area contributed by atoms with Gasteiger partial charge in [-0.2, -0.15) is 0 Å². The van der Waals surface area contributed by atoms with Gasteiger partial charge in [0.2, 0.25) is 21.8 Å². The van der Waals surface area contributed by atoms with E-state index < -0.39 is 10.0 Å². The number of primary sulfonamides is 1. The smallest absolute Gasteiger partial charge is 0.238 e. The van der Waals surface area contributed by atoms with Crippen LogP contribution >= 0.6 is 0 Å². The van der Waals surface area contributed by atoms with E-state index >= 15 is 0 Å². The van der Waals surface area contributed by atoms with Gasteiger partial charge in [0, 0.05) is 41.8 Å². The molecule has 1 aliphatic heterocycles. The number of aromatic amines is 1. The molecule has 1 aliphatic rings. The van der Waals surface area contributed by atoms with E-state index in [0.717, 1.165) is 16.5 Å². The number of sulfonamides is 1. The number of benzene rings is 2. The quantitative estimate of drug-likeness (QED) is 0.562. The van der Waals surface area contributed by atoms with E-state index in [1.807, 2.05) is 35.4 Å².